The average molecular weight is 210 g/mol. The molecule has 0 aromatic rings. The molecule has 1 aliphatic carbocycles. The third kappa shape index (κ3) is 2.07. The van der Waals surface area contributed by atoms with Gasteiger partial charge in [0.1, 0.15) is 0 Å². The van der Waals surface area contributed by atoms with E-state index < -0.39 is 0 Å². The molecule has 0 bridgehead atoms. The zero-order valence-corrected chi connectivity index (χ0v) is 9.25. The van der Waals surface area contributed by atoms with Gasteiger partial charge in [-0.2, -0.15) is 0 Å². The molecule has 0 atom stereocenters. The third-order valence-corrected chi connectivity index (χ3v) is 3.32. The van der Waals surface area contributed by atoms with Crippen LogP contribution in [0.4, 0.5) is 0 Å². The first-order chi connectivity index (χ1) is 7.27. The van der Waals surface area contributed by atoms with Gasteiger partial charge >= 0.3 is 5.97 Å². The van der Waals surface area contributed by atoms with Gasteiger partial charge in [0.05, 0.1) is 18.8 Å². The lowest BCUT2D eigenvalue weighted by atomic mass is 9.92. The summed E-state index contributed by atoms with van der Waals surface area (Å²) >= 11 is 0. The molecule has 84 valence electrons. The van der Waals surface area contributed by atoms with Crippen LogP contribution in [0.1, 0.15) is 39.0 Å². The second kappa shape index (κ2) is 4.35. The first kappa shape index (κ1) is 10.7. The Balaban J connectivity index is 2.10. The van der Waals surface area contributed by atoms with Crippen LogP contribution in [0.2, 0.25) is 0 Å². The van der Waals surface area contributed by atoms with Gasteiger partial charge < -0.3 is 9.47 Å². The molecule has 3 heteroatoms. The van der Waals surface area contributed by atoms with E-state index >= 15 is 0 Å². The molecule has 2 fully saturated rings. The minimum absolute atomic E-state index is 0.104. The Morgan fingerprint density at radius 2 is 2.27 bits per heavy atom. The summed E-state index contributed by atoms with van der Waals surface area (Å²) in [4.78, 5) is 11.4. The number of hydrogen-bond acceptors (Lipinski definition) is 3. The van der Waals surface area contributed by atoms with Crippen molar-refractivity contribution in [2.75, 3.05) is 13.2 Å². The summed E-state index contributed by atoms with van der Waals surface area (Å²) in [6, 6.07) is 0. The highest BCUT2D eigenvalue weighted by atomic mass is 16.5. The zero-order valence-electron chi connectivity index (χ0n) is 9.25. The highest BCUT2D eigenvalue weighted by Crippen LogP contribution is 2.44. The molecule has 2 rings (SSSR count). The SMILES string of the molecule is CCOC(=O)/C=C1/CCOC12CCCC2. The normalized spacial score (nSPS) is 26.3. The molecule has 1 saturated carbocycles. The average Bonchev–Trinajstić information content (AvgIpc) is 2.80. The molecule has 0 unspecified atom stereocenters. The molecule has 1 spiro atoms. The van der Waals surface area contributed by atoms with E-state index in [1.165, 1.54) is 12.8 Å². The number of hydrogen-bond donors (Lipinski definition) is 0. The number of ether oxygens (including phenoxy) is 2. The molecule has 0 radical (unpaired) electrons. The number of carbonyl (C=O) groups is 1. The van der Waals surface area contributed by atoms with Gasteiger partial charge in [0.2, 0.25) is 0 Å². The second-order valence-corrected chi connectivity index (χ2v) is 4.22. The van der Waals surface area contributed by atoms with Crippen molar-refractivity contribution in [1.82, 2.24) is 0 Å². The van der Waals surface area contributed by atoms with Crippen LogP contribution < -0.4 is 0 Å². The van der Waals surface area contributed by atoms with Crippen molar-refractivity contribution < 1.29 is 14.3 Å². The van der Waals surface area contributed by atoms with Gasteiger partial charge in [-0.1, -0.05) is 12.8 Å². The Kier molecular flexibility index (Phi) is 3.10. The van der Waals surface area contributed by atoms with Crippen molar-refractivity contribution in [1.29, 1.82) is 0 Å². The fraction of sp³-hybridized carbons (Fsp3) is 0.750. The molecule has 1 heterocycles. The number of esters is 1. The van der Waals surface area contributed by atoms with Crippen LogP contribution in [0, 0.1) is 0 Å². The highest BCUT2D eigenvalue weighted by Gasteiger charge is 2.42. The number of carbonyl (C=O) groups excluding carboxylic acids is 1. The van der Waals surface area contributed by atoms with Crippen LogP contribution in [0.25, 0.3) is 0 Å². The van der Waals surface area contributed by atoms with Gasteiger partial charge in [-0.15, -0.1) is 0 Å². The van der Waals surface area contributed by atoms with E-state index in [0.717, 1.165) is 31.4 Å². The summed E-state index contributed by atoms with van der Waals surface area (Å²) in [5, 5.41) is 0. The van der Waals surface area contributed by atoms with Crippen molar-refractivity contribution in [2.45, 2.75) is 44.6 Å². The van der Waals surface area contributed by atoms with Crippen molar-refractivity contribution in [3.8, 4) is 0 Å². The van der Waals surface area contributed by atoms with E-state index in [2.05, 4.69) is 0 Å². The fourth-order valence-corrected chi connectivity index (χ4v) is 2.62. The molecule has 0 aromatic carbocycles. The smallest absolute Gasteiger partial charge is 0.330 e. The van der Waals surface area contributed by atoms with E-state index in [9.17, 15) is 4.79 Å². The molecular formula is C12H18O3. The summed E-state index contributed by atoms with van der Waals surface area (Å²) in [7, 11) is 0. The topological polar surface area (TPSA) is 35.5 Å². The lowest BCUT2D eigenvalue weighted by Crippen LogP contribution is -2.25. The first-order valence-electron chi connectivity index (χ1n) is 5.78. The minimum atomic E-state index is -0.218. The summed E-state index contributed by atoms with van der Waals surface area (Å²) in [5.74, 6) is -0.218. The van der Waals surface area contributed by atoms with E-state index in [-0.39, 0.29) is 11.6 Å². The van der Waals surface area contributed by atoms with Crippen LogP contribution in [0.5, 0.6) is 0 Å². The molecular weight excluding hydrogens is 192 g/mol. The summed E-state index contributed by atoms with van der Waals surface area (Å²) < 4.78 is 10.8. The van der Waals surface area contributed by atoms with Gasteiger partial charge in [0.15, 0.2) is 0 Å². The van der Waals surface area contributed by atoms with E-state index in [1.54, 1.807) is 6.08 Å². The molecule has 0 aromatic heterocycles. The second-order valence-electron chi connectivity index (χ2n) is 4.22. The lowest BCUT2D eigenvalue weighted by molar-refractivity contribution is -0.137. The van der Waals surface area contributed by atoms with Gasteiger partial charge in [-0.3, -0.25) is 0 Å². The standard InChI is InChI=1S/C12H18O3/c1-2-14-11(13)9-10-5-8-15-12(10)6-3-4-7-12/h9H,2-8H2,1H3/b10-9-. The molecule has 1 aliphatic heterocycles. The maximum absolute atomic E-state index is 11.4. The Morgan fingerprint density at radius 3 is 2.93 bits per heavy atom. The van der Waals surface area contributed by atoms with Gasteiger partial charge in [-0.25, -0.2) is 4.79 Å². The Morgan fingerprint density at radius 1 is 1.53 bits per heavy atom. The maximum atomic E-state index is 11.4. The monoisotopic (exact) mass is 210 g/mol. The maximum Gasteiger partial charge on any atom is 0.330 e. The predicted molar refractivity (Wildman–Crippen MR) is 56.5 cm³/mol. The Bertz CT molecular complexity index is 269. The zero-order chi connectivity index (χ0) is 10.7. The highest BCUT2D eigenvalue weighted by molar-refractivity contribution is 5.83. The fourth-order valence-electron chi connectivity index (χ4n) is 2.62. The Labute approximate surface area is 90.4 Å². The van der Waals surface area contributed by atoms with Crippen LogP contribution in [-0.4, -0.2) is 24.8 Å². The molecule has 15 heavy (non-hydrogen) atoms. The largest absolute Gasteiger partial charge is 0.463 e. The van der Waals surface area contributed by atoms with Crippen molar-refractivity contribution in [2.24, 2.45) is 0 Å². The number of rotatable bonds is 2. The summed E-state index contributed by atoms with van der Waals surface area (Å²) in [6.07, 6.45) is 7.09. The molecule has 2 aliphatic rings. The molecule has 0 N–H and O–H groups in total. The van der Waals surface area contributed by atoms with Crippen LogP contribution >= 0.6 is 0 Å². The third-order valence-electron chi connectivity index (χ3n) is 3.32. The van der Waals surface area contributed by atoms with Gasteiger partial charge in [0.25, 0.3) is 0 Å². The lowest BCUT2D eigenvalue weighted by Gasteiger charge is -2.23. The summed E-state index contributed by atoms with van der Waals surface area (Å²) in [6.45, 7) is 3.02. The van der Waals surface area contributed by atoms with Crippen LogP contribution in [0.15, 0.2) is 11.6 Å². The minimum Gasteiger partial charge on any atom is -0.463 e. The van der Waals surface area contributed by atoms with Gasteiger partial charge in [-0.05, 0) is 31.8 Å². The van der Waals surface area contributed by atoms with E-state index in [4.69, 9.17) is 9.47 Å². The molecule has 0 amide bonds. The quantitative estimate of drug-likeness (QED) is 0.518. The Hall–Kier alpha value is -0.830. The molecule has 1 saturated heterocycles. The first-order valence-corrected chi connectivity index (χ1v) is 5.78. The van der Waals surface area contributed by atoms with Crippen LogP contribution in [0.3, 0.4) is 0 Å². The van der Waals surface area contributed by atoms with Crippen LogP contribution in [-0.2, 0) is 14.3 Å². The van der Waals surface area contributed by atoms with Gasteiger partial charge in [0, 0.05) is 6.08 Å². The van der Waals surface area contributed by atoms with Crippen molar-refractivity contribution in [3.05, 3.63) is 11.6 Å². The predicted octanol–water partition coefficient (Wildman–Crippen LogP) is 2.21. The van der Waals surface area contributed by atoms with Crippen molar-refractivity contribution in [3.63, 3.8) is 0 Å². The summed E-state index contributed by atoms with van der Waals surface area (Å²) in [5.41, 5.74) is 1.05. The van der Waals surface area contributed by atoms with E-state index in [1.807, 2.05) is 6.92 Å². The molecule has 3 nitrogen and oxygen atoms in total. The van der Waals surface area contributed by atoms with E-state index in [0.29, 0.717) is 6.61 Å². The van der Waals surface area contributed by atoms with Crippen molar-refractivity contribution >= 4 is 5.97 Å².